The Bertz CT molecular complexity index is 997. The van der Waals surface area contributed by atoms with E-state index in [0.717, 1.165) is 38.0 Å². The summed E-state index contributed by atoms with van der Waals surface area (Å²) < 4.78 is 45.9. The Morgan fingerprint density at radius 3 is 2.68 bits per heavy atom. The van der Waals surface area contributed by atoms with E-state index in [1.165, 1.54) is 6.07 Å². The summed E-state index contributed by atoms with van der Waals surface area (Å²) in [5.74, 6) is 0.260. The summed E-state index contributed by atoms with van der Waals surface area (Å²) in [6.45, 7) is 2.64. The van der Waals surface area contributed by atoms with Gasteiger partial charge in [0.15, 0.2) is 0 Å². The van der Waals surface area contributed by atoms with Crippen molar-refractivity contribution < 1.29 is 27.5 Å². The lowest BCUT2D eigenvalue weighted by Gasteiger charge is -2.60. The molecule has 5 aliphatic rings. The van der Waals surface area contributed by atoms with Crippen LogP contribution >= 0.6 is 0 Å². The number of ether oxygens (including phenoxy) is 1. The van der Waals surface area contributed by atoms with Crippen LogP contribution in [0.5, 0.6) is 0 Å². The molecule has 184 valence electrons. The number of carbonyl (C=O) groups is 2. The second-order valence-corrected chi connectivity index (χ2v) is 11.0. The van der Waals surface area contributed by atoms with Gasteiger partial charge in [0.25, 0.3) is 0 Å². The number of aromatic nitrogens is 1. The Morgan fingerprint density at radius 1 is 1.21 bits per heavy atom. The minimum atomic E-state index is -4.24. The number of carbonyl (C=O) groups excluding carboxylic acids is 2. The molecule has 0 radical (unpaired) electrons. The molecule has 6 rings (SSSR count). The van der Waals surface area contributed by atoms with Crippen molar-refractivity contribution in [3.8, 4) is 0 Å². The zero-order valence-electron chi connectivity index (χ0n) is 18.9. The second-order valence-electron chi connectivity index (χ2n) is 11.0. The molecule has 2 atom stereocenters. The van der Waals surface area contributed by atoms with Crippen LogP contribution in [0.15, 0.2) is 18.2 Å². The van der Waals surface area contributed by atoms with E-state index in [2.05, 4.69) is 10.3 Å². The topological polar surface area (TPSA) is 74.8 Å². The minimum Gasteiger partial charge on any atom is -0.366 e. The summed E-state index contributed by atoms with van der Waals surface area (Å²) in [6, 6.07) is 4.91. The van der Waals surface area contributed by atoms with Gasteiger partial charge in [-0.15, -0.1) is 0 Å². The fourth-order valence-corrected chi connectivity index (χ4v) is 6.51. The predicted molar refractivity (Wildman–Crippen MR) is 115 cm³/mol. The van der Waals surface area contributed by atoms with Gasteiger partial charge in [0, 0.05) is 37.3 Å². The molecule has 1 spiro atoms. The largest absolute Gasteiger partial charge is 0.399 e. The van der Waals surface area contributed by atoms with E-state index in [9.17, 15) is 22.8 Å². The Labute approximate surface area is 196 Å². The third-order valence-corrected chi connectivity index (χ3v) is 8.45. The predicted octanol–water partition coefficient (Wildman–Crippen LogP) is 2.64. The highest BCUT2D eigenvalue weighted by Crippen LogP contribution is 2.58. The molecule has 5 fully saturated rings. The van der Waals surface area contributed by atoms with Crippen molar-refractivity contribution in [2.45, 2.75) is 62.3 Å². The van der Waals surface area contributed by atoms with Crippen LogP contribution in [0.4, 0.5) is 18.0 Å². The molecule has 1 aromatic heterocycles. The monoisotopic (exact) mass is 478 g/mol. The molecule has 4 heterocycles. The zero-order chi connectivity index (χ0) is 23.7. The van der Waals surface area contributed by atoms with Crippen LogP contribution in [0.25, 0.3) is 0 Å². The summed E-state index contributed by atoms with van der Waals surface area (Å²) in [4.78, 5) is 32.6. The van der Waals surface area contributed by atoms with E-state index < -0.39 is 11.6 Å². The lowest BCUT2D eigenvalue weighted by molar-refractivity contribution is -0.161. The highest BCUT2D eigenvalue weighted by atomic mass is 19.4. The van der Waals surface area contributed by atoms with Crippen LogP contribution < -0.4 is 5.32 Å². The molecule has 2 aliphatic carbocycles. The molecule has 7 nitrogen and oxygen atoms in total. The molecule has 0 bridgehead atoms. The van der Waals surface area contributed by atoms with Gasteiger partial charge in [0.1, 0.15) is 12.0 Å². The van der Waals surface area contributed by atoms with Crippen molar-refractivity contribution in [3.63, 3.8) is 0 Å². The van der Waals surface area contributed by atoms with Gasteiger partial charge in [0.05, 0.1) is 17.8 Å². The van der Waals surface area contributed by atoms with Crippen LogP contribution in [0.3, 0.4) is 0 Å². The van der Waals surface area contributed by atoms with Crippen molar-refractivity contribution in [3.05, 3.63) is 29.6 Å². The number of piperidine rings is 1. The quantitative estimate of drug-likeness (QED) is 0.725. The third-order valence-electron chi connectivity index (χ3n) is 8.45. The van der Waals surface area contributed by atoms with E-state index in [1.54, 1.807) is 6.07 Å². The molecule has 10 heteroatoms. The van der Waals surface area contributed by atoms with Gasteiger partial charge in [0.2, 0.25) is 5.91 Å². The van der Waals surface area contributed by atoms with Crippen molar-refractivity contribution in [2.24, 2.45) is 11.3 Å². The number of hydrogen-bond donors (Lipinski definition) is 1. The normalized spacial score (nSPS) is 29.7. The maximum absolute atomic E-state index is 13.4. The van der Waals surface area contributed by atoms with Gasteiger partial charge in [-0.05, 0) is 56.6 Å². The Hall–Kier alpha value is -2.36. The van der Waals surface area contributed by atoms with E-state index in [-0.39, 0.29) is 54.6 Å². The van der Waals surface area contributed by atoms with E-state index >= 15 is 0 Å². The minimum absolute atomic E-state index is 0.0172. The first-order chi connectivity index (χ1) is 16.2. The Balaban J connectivity index is 0.996. The number of likely N-dealkylation sites (tertiary alicyclic amines) is 2. The first-order valence-corrected chi connectivity index (χ1v) is 12.1. The van der Waals surface area contributed by atoms with Gasteiger partial charge >= 0.3 is 12.2 Å². The highest BCUT2D eigenvalue weighted by Gasteiger charge is 2.65. The number of alkyl halides is 3. The van der Waals surface area contributed by atoms with Crippen LogP contribution in [-0.4, -0.2) is 77.8 Å². The number of pyridine rings is 1. The number of nitrogens with one attached hydrogen (secondary N) is 1. The average molecular weight is 479 g/mol. The van der Waals surface area contributed by atoms with E-state index in [1.807, 2.05) is 15.9 Å². The highest BCUT2D eigenvalue weighted by molar-refractivity contribution is 5.79. The van der Waals surface area contributed by atoms with Crippen LogP contribution in [0.1, 0.15) is 43.5 Å². The molecular formula is C24H29F3N4O3. The number of rotatable bonds is 3. The van der Waals surface area contributed by atoms with Gasteiger partial charge in [-0.1, -0.05) is 6.07 Å². The molecule has 0 unspecified atom stereocenters. The number of hydrogen-bond acceptors (Lipinski definition) is 4. The summed E-state index contributed by atoms with van der Waals surface area (Å²) in [5, 5.41) is 2.93. The number of fused-ring (bicyclic) bond motifs is 1. The summed E-state index contributed by atoms with van der Waals surface area (Å²) in [7, 11) is 0. The molecular weight excluding hydrogens is 449 g/mol. The van der Waals surface area contributed by atoms with Gasteiger partial charge in [-0.25, -0.2) is 4.79 Å². The standard InChI is InChI=1S/C24H29F3N4O3/c25-24(26,27)23(5-6-23)19-3-1-2-16(28-19)8-15-9-22(10-15)13-31(14-22)21(33)30-7-4-18-17(11-30)29-20(32)12-34-18/h1-3,15,17-18H,4-14H2,(H,29,32)/t17-,18+/m1/s1. The van der Waals surface area contributed by atoms with Crippen molar-refractivity contribution >= 4 is 11.9 Å². The SMILES string of the molecule is O=C1CO[C@H]2CCN(C(=O)N3CC4(CC(Cc5cccc(C6(C(F)(F)F)CC6)n5)C4)C3)C[C@H]2N1. The summed E-state index contributed by atoms with van der Waals surface area (Å²) in [6.07, 6.45) is -0.654. The van der Waals surface area contributed by atoms with Gasteiger partial charge < -0.3 is 19.9 Å². The summed E-state index contributed by atoms with van der Waals surface area (Å²) in [5.41, 5.74) is -0.697. The summed E-state index contributed by atoms with van der Waals surface area (Å²) >= 11 is 0. The molecule has 1 aromatic rings. The van der Waals surface area contributed by atoms with Gasteiger partial charge in [-0.2, -0.15) is 13.2 Å². The van der Waals surface area contributed by atoms with Crippen LogP contribution in [0.2, 0.25) is 0 Å². The fraction of sp³-hybridized carbons (Fsp3) is 0.708. The first-order valence-electron chi connectivity index (χ1n) is 12.1. The molecule has 3 aliphatic heterocycles. The number of halogens is 3. The Morgan fingerprint density at radius 2 is 1.97 bits per heavy atom. The molecule has 3 saturated heterocycles. The average Bonchev–Trinajstić information content (AvgIpc) is 3.56. The number of amides is 3. The van der Waals surface area contributed by atoms with Crippen molar-refractivity contribution in [1.82, 2.24) is 20.1 Å². The van der Waals surface area contributed by atoms with E-state index in [4.69, 9.17) is 4.74 Å². The number of morpholine rings is 1. The van der Waals surface area contributed by atoms with Gasteiger partial charge in [-0.3, -0.25) is 9.78 Å². The van der Waals surface area contributed by atoms with Crippen LogP contribution in [-0.2, 0) is 21.4 Å². The lowest BCUT2D eigenvalue weighted by Crippen LogP contribution is -2.68. The maximum Gasteiger partial charge on any atom is 0.399 e. The molecule has 2 saturated carbocycles. The Kier molecular flexibility index (Phi) is 4.92. The first kappa shape index (κ1) is 22.1. The zero-order valence-corrected chi connectivity index (χ0v) is 18.9. The lowest BCUT2D eigenvalue weighted by atomic mass is 9.57. The van der Waals surface area contributed by atoms with Crippen molar-refractivity contribution in [1.29, 1.82) is 0 Å². The maximum atomic E-state index is 13.4. The number of urea groups is 1. The fourth-order valence-electron chi connectivity index (χ4n) is 6.51. The molecule has 0 aromatic carbocycles. The number of nitrogens with zero attached hydrogens (tertiary/aromatic N) is 3. The van der Waals surface area contributed by atoms with Crippen LogP contribution in [0, 0.1) is 11.3 Å². The molecule has 3 amide bonds. The van der Waals surface area contributed by atoms with Crippen molar-refractivity contribution in [2.75, 3.05) is 32.8 Å². The second kappa shape index (κ2) is 7.57. The molecule has 1 N–H and O–H groups in total. The third kappa shape index (κ3) is 3.65. The van der Waals surface area contributed by atoms with E-state index in [0.29, 0.717) is 25.4 Å². The smallest absolute Gasteiger partial charge is 0.366 e. The molecule has 34 heavy (non-hydrogen) atoms.